The molecule has 4 saturated carbocycles. The van der Waals surface area contributed by atoms with Crippen molar-refractivity contribution in [2.75, 3.05) is 13.2 Å². The predicted octanol–water partition coefficient (Wildman–Crippen LogP) is 0.518. The Balaban J connectivity index is 1.17. The summed E-state index contributed by atoms with van der Waals surface area (Å²) in [6.07, 6.45) is -8.67. The van der Waals surface area contributed by atoms with Gasteiger partial charge in [0.1, 0.15) is 48.8 Å². The van der Waals surface area contributed by atoms with Crippen LogP contribution in [0.4, 0.5) is 0 Å². The van der Waals surface area contributed by atoms with Crippen LogP contribution in [0.5, 0.6) is 0 Å². The van der Waals surface area contributed by atoms with E-state index in [1.54, 1.807) is 0 Å². The molecule has 7 rings (SSSR count). The molecule has 0 unspecified atom stereocenters. The molecule has 0 amide bonds. The first-order valence-corrected chi connectivity index (χ1v) is 20.9. The van der Waals surface area contributed by atoms with E-state index in [0.29, 0.717) is 12.3 Å². The van der Waals surface area contributed by atoms with Crippen molar-refractivity contribution in [2.45, 2.75) is 180 Å². The molecule has 2 aliphatic heterocycles. The van der Waals surface area contributed by atoms with E-state index >= 15 is 0 Å². The van der Waals surface area contributed by atoms with Gasteiger partial charge in [-0.15, -0.1) is 0 Å². The number of aliphatic hydroxyl groups is 8. The summed E-state index contributed by atoms with van der Waals surface area (Å²) < 4.78 is 23.7. The number of aliphatic hydroxyl groups excluding tert-OH is 8. The first-order valence-electron chi connectivity index (χ1n) is 20.9. The van der Waals surface area contributed by atoms with Gasteiger partial charge >= 0.3 is 0 Å². The lowest BCUT2D eigenvalue weighted by Crippen LogP contribution is -2.68. The van der Waals surface area contributed by atoms with Gasteiger partial charge in [-0.25, -0.2) is 0 Å². The molecule has 0 aromatic carbocycles. The van der Waals surface area contributed by atoms with Crippen molar-refractivity contribution in [1.82, 2.24) is 0 Å². The van der Waals surface area contributed by atoms with Crippen LogP contribution >= 0.6 is 0 Å². The quantitative estimate of drug-likeness (QED) is 0.130. The lowest BCUT2D eigenvalue weighted by molar-refractivity contribution is -0.388. The minimum absolute atomic E-state index is 0.0273. The van der Waals surface area contributed by atoms with E-state index in [9.17, 15) is 50.8 Å². The van der Waals surface area contributed by atoms with Crippen LogP contribution in [0.15, 0.2) is 11.6 Å². The summed E-state index contributed by atoms with van der Waals surface area (Å²) in [4.78, 5) is 12.1. The molecule has 5 aliphatic carbocycles. The third kappa shape index (κ3) is 6.21. The molecular weight excluding hydrogens is 728 g/mol. The lowest BCUT2D eigenvalue weighted by Gasteiger charge is -2.72. The number of hydrogen-bond acceptors (Lipinski definition) is 14. The highest BCUT2D eigenvalue weighted by Crippen LogP contribution is 2.76. The zero-order chi connectivity index (χ0) is 41.1. The highest BCUT2D eigenvalue weighted by Gasteiger charge is 2.69. The second kappa shape index (κ2) is 14.4. The summed E-state index contributed by atoms with van der Waals surface area (Å²) in [6, 6.07) is 0. The average molecular weight is 796 g/mol. The number of carboxylic acids is 1. The van der Waals surface area contributed by atoms with E-state index in [2.05, 4.69) is 47.6 Å². The van der Waals surface area contributed by atoms with E-state index in [-0.39, 0.29) is 51.6 Å². The molecule has 320 valence electrons. The monoisotopic (exact) mass is 795 g/mol. The fourth-order valence-electron chi connectivity index (χ4n) is 13.7. The summed E-state index contributed by atoms with van der Waals surface area (Å²) >= 11 is 0. The molecule has 14 heteroatoms. The van der Waals surface area contributed by atoms with Crippen LogP contribution in [0.25, 0.3) is 0 Å². The van der Waals surface area contributed by atoms with Gasteiger partial charge < -0.3 is 69.7 Å². The van der Waals surface area contributed by atoms with E-state index in [4.69, 9.17) is 18.9 Å². The number of aliphatic carboxylic acids is 1. The van der Waals surface area contributed by atoms with Gasteiger partial charge in [0.25, 0.3) is 0 Å². The van der Waals surface area contributed by atoms with Crippen molar-refractivity contribution in [1.29, 1.82) is 0 Å². The van der Waals surface area contributed by atoms with Crippen LogP contribution < -0.4 is 5.11 Å². The maximum atomic E-state index is 12.1. The van der Waals surface area contributed by atoms with Gasteiger partial charge in [-0.1, -0.05) is 60.1 Å². The fraction of sp³-hybridized carbons (Fsp3) is 0.929. The maximum absolute atomic E-state index is 12.1. The summed E-state index contributed by atoms with van der Waals surface area (Å²) in [6.45, 7) is 15.1. The Morgan fingerprint density at radius 3 is 2.11 bits per heavy atom. The fourth-order valence-corrected chi connectivity index (χ4v) is 13.7. The lowest BCUT2D eigenvalue weighted by atomic mass is 9.33. The Morgan fingerprint density at radius 2 is 1.46 bits per heavy atom. The van der Waals surface area contributed by atoms with Crippen LogP contribution in [0.1, 0.15) is 106 Å². The molecule has 0 bridgehead atoms. The van der Waals surface area contributed by atoms with Crippen molar-refractivity contribution in [2.24, 2.45) is 50.2 Å². The number of carboxylic acid groups (broad SMARTS) is 1. The Labute approximate surface area is 330 Å². The summed E-state index contributed by atoms with van der Waals surface area (Å²) in [5.41, 5.74) is 0.221. The van der Waals surface area contributed by atoms with Gasteiger partial charge in [0.05, 0.1) is 31.4 Å². The molecule has 7 aliphatic rings. The first kappa shape index (κ1) is 42.8. The molecule has 20 atom stereocenters. The minimum atomic E-state index is -2.03. The minimum Gasteiger partial charge on any atom is -0.547 e. The Bertz CT molecular complexity index is 1520. The van der Waals surface area contributed by atoms with Gasteiger partial charge in [-0.2, -0.15) is 0 Å². The van der Waals surface area contributed by atoms with Gasteiger partial charge in [0.2, 0.25) is 0 Å². The van der Waals surface area contributed by atoms with Crippen molar-refractivity contribution in [3.63, 3.8) is 0 Å². The van der Waals surface area contributed by atoms with Gasteiger partial charge in [-0.05, 0) is 97.2 Å². The number of carbonyl (C=O) groups is 1. The summed E-state index contributed by atoms with van der Waals surface area (Å²) in [5, 5.41) is 98.1. The zero-order valence-corrected chi connectivity index (χ0v) is 34.0. The molecular formula is C42H67O14-. The predicted molar refractivity (Wildman–Crippen MR) is 197 cm³/mol. The van der Waals surface area contributed by atoms with Gasteiger partial charge in [0.15, 0.2) is 12.6 Å². The smallest absolute Gasteiger partial charge is 0.187 e. The molecule has 0 radical (unpaired) electrons. The SMILES string of the molecule is CC1(C)C[C@@H](O)[C@]2(C)CC[C@]3(C)C(=CC[C@@H]4[C@@]5(C)CC[C@H](O[C@@H]6O[C@H](C(=O)[O-])[C@@H](O)[C@H](O)[C@H]6O[C@@H]6O[C@H](CO)[C@H](O)[C@H](O)[C@H]6O)[C@](C)(CO)[C@@H]5CC[C@]43C)[C@@H]2C1. The third-order valence-corrected chi connectivity index (χ3v) is 17.4. The Hall–Kier alpha value is -1.27. The number of rotatable bonds is 7. The Kier molecular flexibility index (Phi) is 11.0. The van der Waals surface area contributed by atoms with E-state index in [1.165, 1.54) is 5.57 Å². The number of ether oxygens (including phenoxy) is 4. The van der Waals surface area contributed by atoms with E-state index in [1.807, 2.05) is 6.92 Å². The largest absolute Gasteiger partial charge is 0.547 e. The van der Waals surface area contributed by atoms with Crippen LogP contribution in [0, 0.1) is 50.2 Å². The van der Waals surface area contributed by atoms with E-state index in [0.717, 1.165) is 51.4 Å². The topological polar surface area (TPSA) is 239 Å². The van der Waals surface area contributed by atoms with Crippen molar-refractivity contribution in [3.05, 3.63) is 11.6 Å². The molecule has 0 aromatic rings. The molecule has 8 N–H and O–H groups in total. The van der Waals surface area contributed by atoms with Crippen LogP contribution in [0.2, 0.25) is 0 Å². The summed E-state index contributed by atoms with van der Waals surface area (Å²) in [7, 11) is 0. The van der Waals surface area contributed by atoms with Crippen LogP contribution in [-0.4, -0.2) is 134 Å². The Morgan fingerprint density at radius 1 is 0.768 bits per heavy atom. The number of carbonyl (C=O) groups excluding carboxylic acids is 1. The molecule has 0 spiro atoms. The first-order chi connectivity index (χ1) is 26.0. The number of allylic oxidation sites excluding steroid dienone is 2. The van der Waals surface area contributed by atoms with Crippen molar-refractivity contribution >= 4 is 5.97 Å². The average Bonchev–Trinajstić information content (AvgIpc) is 3.13. The number of fused-ring (bicyclic) bond motifs is 7. The highest BCUT2D eigenvalue weighted by atomic mass is 16.8. The third-order valence-electron chi connectivity index (χ3n) is 17.4. The van der Waals surface area contributed by atoms with Crippen LogP contribution in [0.3, 0.4) is 0 Å². The molecule has 6 fully saturated rings. The van der Waals surface area contributed by atoms with E-state index < -0.39 is 85.5 Å². The highest BCUT2D eigenvalue weighted by molar-refractivity contribution is 5.71. The second-order valence-electron chi connectivity index (χ2n) is 20.8. The molecule has 14 nitrogen and oxygen atoms in total. The van der Waals surface area contributed by atoms with Gasteiger partial charge in [0, 0.05) is 10.8 Å². The molecule has 56 heavy (non-hydrogen) atoms. The maximum Gasteiger partial charge on any atom is 0.187 e. The number of hydrogen-bond donors (Lipinski definition) is 8. The van der Waals surface area contributed by atoms with Crippen molar-refractivity contribution in [3.8, 4) is 0 Å². The van der Waals surface area contributed by atoms with Crippen molar-refractivity contribution < 1.29 is 69.7 Å². The normalized spacial score (nSPS) is 55.5. The molecule has 0 aromatic heterocycles. The van der Waals surface area contributed by atoms with Gasteiger partial charge in [-0.3, -0.25) is 0 Å². The second-order valence-corrected chi connectivity index (χ2v) is 20.8. The molecule has 2 saturated heterocycles. The zero-order valence-electron chi connectivity index (χ0n) is 34.0. The molecule has 2 heterocycles. The van der Waals surface area contributed by atoms with Crippen LogP contribution in [-0.2, 0) is 23.7 Å². The summed E-state index contributed by atoms with van der Waals surface area (Å²) in [5.74, 6) is -1.23. The standard InChI is InChI=1S/C42H68O14/c1-37(2)16-21-20-8-9-24-39(4)12-11-26(40(5,19-44)23(39)10-13-42(24,7)41(20,6)15-14-38(21,3)25(45)17-37)54-36-33(30(49)29(48)32(55-36)34(51)52)56-35-31(50)28(47)27(46)22(18-43)53-35/h8,21-33,35-36,43-50H,9-19H2,1-7H3,(H,51,52)/p-1/t21-,22+,23+,24+,25+,26-,27-,28-,29-,30-,31+,32-,33+,35-,36+,38+,39-,40+,41+,42+/m0/s1.